The fourth-order valence-corrected chi connectivity index (χ4v) is 3.27. The maximum Gasteiger partial charge on any atom is 0.0536 e. The molecule has 0 amide bonds. The minimum absolute atomic E-state index is 0.256. The van der Waals surface area contributed by atoms with Crippen molar-refractivity contribution in [1.82, 2.24) is 4.90 Å². The molecule has 0 fully saturated rings. The summed E-state index contributed by atoms with van der Waals surface area (Å²) in [7, 11) is 0. The van der Waals surface area contributed by atoms with Crippen LogP contribution in [-0.2, 0) is 18.5 Å². The van der Waals surface area contributed by atoms with Gasteiger partial charge in [0.15, 0.2) is 0 Å². The Hall–Kier alpha value is -1.64. The maximum atomic E-state index is 6.73. The number of fused-ring (bicyclic) bond motifs is 1. The molecule has 1 aliphatic rings. The summed E-state index contributed by atoms with van der Waals surface area (Å²) in [5.74, 6) is 0. The summed E-state index contributed by atoms with van der Waals surface area (Å²) < 4.78 is 0. The third-order valence-corrected chi connectivity index (χ3v) is 4.70. The summed E-state index contributed by atoms with van der Waals surface area (Å²) in [6, 6.07) is 19.3. The topological polar surface area (TPSA) is 29.3 Å². The van der Waals surface area contributed by atoms with E-state index < -0.39 is 0 Å². The van der Waals surface area contributed by atoms with Crippen LogP contribution in [0, 0.1) is 0 Å². The van der Waals surface area contributed by atoms with E-state index in [2.05, 4.69) is 66.4 Å². The second kappa shape index (κ2) is 6.00. The van der Waals surface area contributed by atoms with Crippen molar-refractivity contribution >= 4 is 0 Å². The molecular formula is C19H24N2. The van der Waals surface area contributed by atoms with Gasteiger partial charge in [0.25, 0.3) is 0 Å². The van der Waals surface area contributed by atoms with Gasteiger partial charge in [-0.05, 0) is 29.5 Å². The van der Waals surface area contributed by atoms with Gasteiger partial charge >= 0.3 is 0 Å². The van der Waals surface area contributed by atoms with Gasteiger partial charge in [0.05, 0.1) is 5.54 Å². The second-order valence-corrected chi connectivity index (χ2v) is 6.11. The highest BCUT2D eigenvalue weighted by Gasteiger charge is 2.29. The Morgan fingerprint density at radius 1 is 1.00 bits per heavy atom. The van der Waals surface area contributed by atoms with Gasteiger partial charge in [-0.2, -0.15) is 0 Å². The van der Waals surface area contributed by atoms with E-state index in [1.54, 1.807) is 0 Å². The van der Waals surface area contributed by atoms with Crippen molar-refractivity contribution in [3.05, 3.63) is 71.3 Å². The first-order chi connectivity index (χ1) is 10.2. The molecule has 0 saturated heterocycles. The first-order valence-electron chi connectivity index (χ1n) is 7.85. The average Bonchev–Trinajstić information content (AvgIpc) is 2.55. The van der Waals surface area contributed by atoms with E-state index >= 15 is 0 Å². The molecule has 2 heteroatoms. The van der Waals surface area contributed by atoms with Crippen molar-refractivity contribution < 1.29 is 0 Å². The fourth-order valence-electron chi connectivity index (χ4n) is 3.27. The summed E-state index contributed by atoms with van der Waals surface area (Å²) >= 11 is 0. The Bertz CT molecular complexity index is 594. The van der Waals surface area contributed by atoms with Crippen molar-refractivity contribution in [1.29, 1.82) is 0 Å². The van der Waals surface area contributed by atoms with Crippen LogP contribution >= 0.6 is 0 Å². The van der Waals surface area contributed by atoms with Crippen LogP contribution in [0.15, 0.2) is 54.6 Å². The molecule has 2 aromatic rings. The first kappa shape index (κ1) is 14.3. The predicted molar refractivity (Wildman–Crippen MR) is 88.0 cm³/mol. The van der Waals surface area contributed by atoms with Gasteiger partial charge in [0, 0.05) is 19.6 Å². The minimum Gasteiger partial charge on any atom is -0.320 e. The molecule has 0 aromatic heterocycles. The van der Waals surface area contributed by atoms with Gasteiger partial charge in [-0.25, -0.2) is 0 Å². The van der Waals surface area contributed by atoms with Crippen LogP contribution < -0.4 is 5.73 Å². The lowest BCUT2D eigenvalue weighted by Crippen LogP contribution is -2.48. The smallest absolute Gasteiger partial charge is 0.0536 e. The number of hydrogen-bond acceptors (Lipinski definition) is 2. The molecule has 0 spiro atoms. The Kier molecular flexibility index (Phi) is 4.09. The number of benzene rings is 2. The van der Waals surface area contributed by atoms with Gasteiger partial charge in [-0.3, -0.25) is 4.90 Å². The number of nitrogens with zero attached hydrogens (tertiary/aromatic N) is 1. The van der Waals surface area contributed by atoms with Crippen molar-refractivity contribution in [2.24, 2.45) is 5.73 Å². The van der Waals surface area contributed by atoms with Crippen molar-refractivity contribution in [2.75, 3.05) is 13.1 Å². The Balaban J connectivity index is 1.77. The largest absolute Gasteiger partial charge is 0.320 e. The third kappa shape index (κ3) is 3.02. The van der Waals surface area contributed by atoms with Crippen molar-refractivity contribution in [3.8, 4) is 0 Å². The number of hydrogen-bond donors (Lipinski definition) is 1. The zero-order valence-electron chi connectivity index (χ0n) is 12.8. The molecular weight excluding hydrogens is 256 g/mol. The highest BCUT2D eigenvalue weighted by Crippen LogP contribution is 2.26. The second-order valence-electron chi connectivity index (χ2n) is 6.11. The summed E-state index contributed by atoms with van der Waals surface area (Å²) in [5.41, 5.74) is 10.7. The number of nitrogens with two attached hydrogens (primary N) is 1. The van der Waals surface area contributed by atoms with E-state index in [1.165, 1.54) is 16.7 Å². The Morgan fingerprint density at radius 3 is 2.38 bits per heavy atom. The molecule has 1 heterocycles. The Labute approximate surface area is 127 Å². The molecule has 0 bridgehead atoms. The van der Waals surface area contributed by atoms with E-state index in [4.69, 9.17) is 5.73 Å². The Morgan fingerprint density at radius 2 is 1.67 bits per heavy atom. The van der Waals surface area contributed by atoms with Crippen LogP contribution in [0.1, 0.15) is 30.0 Å². The highest BCUT2D eigenvalue weighted by atomic mass is 15.1. The summed E-state index contributed by atoms with van der Waals surface area (Å²) in [4.78, 5) is 2.50. The SMILES string of the molecule is CCC(N)(CN1CCc2ccccc2C1)c1ccccc1. The lowest BCUT2D eigenvalue weighted by atomic mass is 9.87. The molecule has 1 atom stereocenters. The fraction of sp³-hybridized carbons (Fsp3) is 0.368. The lowest BCUT2D eigenvalue weighted by molar-refractivity contribution is 0.188. The molecule has 110 valence electrons. The van der Waals surface area contributed by atoms with E-state index in [9.17, 15) is 0 Å². The predicted octanol–water partition coefficient (Wildman–Crippen LogP) is 3.31. The van der Waals surface area contributed by atoms with E-state index in [0.29, 0.717) is 0 Å². The third-order valence-electron chi connectivity index (χ3n) is 4.70. The molecule has 2 aromatic carbocycles. The molecule has 3 rings (SSSR count). The van der Waals surface area contributed by atoms with Crippen LogP contribution in [0.5, 0.6) is 0 Å². The van der Waals surface area contributed by atoms with Gasteiger partial charge in [-0.15, -0.1) is 0 Å². The zero-order chi connectivity index (χ0) is 14.7. The van der Waals surface area contributed by atoms with Gasteiger partial charge in [-0.1, -0.05) is 61.5 Å². The normalized spacial score (nSPS) is 18.0. The van der Waals surface area contributed by atoms with Crippen LogP contribution in [-0.4, -0.2) is 18.0 Å². The lowest BCUT2D eigenvalue weighted by Gasteiger charge is -2.37. The molecule has 2 nitrogen and oxygen atoms in total. The van der Waals surface area contributed by atoms with Crippen LogP contribution in [0.25, 0.3) is 0 Å². The zero-order valence-corrected chi connectivity index (χ0v) is 12.8. The van der Waals surface area contributed by atoms with Crippen LogP contribution in [0.4, 0.5) is 0 Å². The van der Waals surface area contributed by atoms with Crippen LogP contribution in [0.3, 0.4) is 0 Å². The molecule has 21 heavy (non-hydrogen) atoms. The monoisotopic (exact) mass is 280 g/mol. The maximum absolute atomic E-state index is 6.73. The first-order valence-corrected chi connectivity index (χ1v) is 7.85. The van der Waals surface area contributed by atoms with Gasteiger partial charge in [0.2, 0.25) is 0 Å². The minimum atomic E-state index is -0.256. The summed E-state index contributed by atoms with van der Waals surface area (Å²) in [6.45, 7) is 5.22. The number of rotatable bonds is 4. The molecule has 1 aliphatic heterocycles. The molecule has 2 N–H and O–H groups in total. The summed E-state index contributed by atoms with van der Waals surface area (Å²) in [5, 5.41) is 0. The summed E-state index contributed by atoms with van der Waals surface area (Å²) in [6.07, 6.45) is 2.08. The van der Waals surface area contributed by atoms with E-state index in [-0.39, 0.29) is 5.54 Å². The van der Waals surface area contributed by atoms with Crippen molar-refractivity contribution in [2.45, 2.75) is 31.8 Å². The molecule has 0 radical (unpaired) electrons. The quantitative estimate of drug-likeness (QED) is 0.931. The van der Waals surface area contributed by atoms with Crippen molar-refractivity contribution in [3.63, 3.8) is 0 Å². The molecule has 1 unspecified atom stereocenters. The van der Waals surface area contributed by atoms with Crippen LogP contribution in [0.2, 0.25) is 0 Å². The van der Waals surface area contributed by atoms with E-state index in [0.717, 1.165) is 32.5 Å². The average molecular weight is 280 g/mol. The van der Waals surface area contributed by atoms with Gasteiger partial charge < -0.3 is 5.73 Å². The van der Waals surface area contributed by atoms with E-state index in [1.807, 2.05) is 0 Å². The standard InChI is InChI=1S/C19H24N2/c1-2-19(20,18-10-4-3-5-11-18)15-21-13-12-16-8-6-7-9-17(16)14-21/h3-11H,2,12-15,20H2,1H3. The van der Waals surface area contributed by atoms with Gasteiger partial charge in [0.1, 0.15) is 0 Å². The molecule has 0 saturated carbocycles. The highest BCUT2D eigenvalue weighted by molar-refractivity contribution is 5.30. The molecule has 0 aliphatic carbocycles.